The van der Waals surface area contributed by atoms with E-state index in [1.807, 2.05) is 54.6 Å². The van der Waals surface area contributed by atoms with Crippen LogP contribution >= 0.6 is 0 Å². The number of aliphatic hydroxyl groups excluding tert-OH is 1. The minimum absolute atomic E-state index is 0.0988. The minimum Gasteiger partial charge on any atom is -0.456 e. The van der Waals surface area contributed by atoms with Crippen LogP contribution in [0.5, 0.6) is 0 Å². The Morgan fingerprint density at radius 2 is 1.59 bits per heavy atom. The molecule has 0 aliphatic heterocycles. The fraction of sp³-hybridized carbons (Fsp3) is 0.0952. The van der Waals surface area contributed by atoms with Gasteiger partial charge in [0.2, 0.25) is 0 Å². The summed E-state index contributed by atoms with van der Waals surface area (Å²) in [6, 6.07) is 20.3. The Morgan fingerprint density at radius 1 is 0.926 bits per heavy atom. The van der Waals surface area contributed by atoms with Crippen molar-refractivity contribution in [1.29, 1.82) is 0 Å². The predicted molar refractivity (Wildman–Crippen MR) is 101 cm³/mol. The van der Waals surface area contributed by atoms with Crippen molar-refractivity contribution >= 4 is 0 Å². The van der Waals surface area contributed by atoms with Crippen molar-refractivity contribution in [2.45, 2.75) is 13.2 Å². The number of benzene rings is 2. The van der Waals surface area contributed by atoms with Crippen molar-refractivity contribution < 1.29 is 9.52 Å². The van der Waals surface area contributed by atoms with Gasteiger partial charge in [-0.1, -0.05) is 59.8 Å². The van der Waals surface area contributed by atoms with Crippen LogP contribution in [0.3, 0.4) is 0 Å². The zero-order valence-corrected chi connectivity index (χ0v) is 14.4. The highest BCUT2D eigenvalue weighted by Crippen LogP contribution is 2.25. The van der Waals surface area contributed by atoms with Crippen LogP contribution in [0, 0.1) is 0 Å². The average molecular weight is 359 g/mol. The lowest BCUT2D eigenvalue weighted by molar-refractivity contribution is 0.276. The number of nitrogens with zero attached hydrogens (tertiary/aromatic N) is 3. The third kappa shape index (κ3) is 3.86. The van der Waals surface area contributed by atoms with E-state index in [4.69, 9.17) is 9.52 Å². The quantitative estimate of drug-likeness (QED) is 0.592. The molecule has 0 aliphatic carbocycles. The molecular weight excluding hydrogens is 342 g/mol. The second kappa shape index (κ2) is 7.39. The monoisotopic (exact) mass is 359 g/mol. The summed E-state index contributed by atoms with van der Waals surface area (Å²) in [7, 11) is 0. The van der Waals surface area contributed by atoms with E-state index in [2.05, 4.69) is 10.3 Å². The molecule has 134 valence electrons. The maximum Gasteiger partial charge on any atom is 0.186 e. The van der Waals surface area contributed by atoms with Gasteiger partial charge in [-0.25, -0.2) is 4.68 Å². The summed E-state index contributed by atoms with van der Waals surface area (Å²) < 4.78 is 7.61. The SMILES string of the molecule is O=c1cc(-c2ccccc2)oc(-c2ccc(Cn3cc(CO)nn3)cc2)c1. The van der Waals surface area contributed by atoms with E-state index in [0.717, 1.165) is 16.7 Å². The van der Waals surface area contributed by atoms with Gasteiger partial charge in [0.1, 0.15) is 17.2 Å². The van der Waals surface area contributed by atoms with Crippen molar-refractivity contribution in [3.05, 3.63) is 94.4 Å². The molecule has 0 amide bonds. The molecule has 0 fully saturated rings. The van der Waals surface area contributed by atoms with Crippen LogP contribution < -0.4 is 5.43 Å². The molecule has 2 heterocycles. The summed E-state index contributed by atoms with van der Waals surface area (Å²) in [4.78, 5) is 12.1. The summed E-state index contributed by atoms with van der Waals surface area (Å²) in [5, 5.41) is 16.9. The first-order valence-electron chi connectivity index (χ1n) is 8.51. The molecule has 0 aliphatic rings. The van der Waals surface area contributed by atoms with Gasteiger partial charge in [0.05, 0.1) is 19.3 Å². The largest absolute Gasteiger partial charge is 0.456 e. The smallest absolute Gasteiger partial charge is 0.186 e. The van der Waals surface area contributed by atoms with Gasteiger partial charge in [0, 0.05) is 23.3 Å². The normalized spacial score (nSPS) is 10.9. The van der Waals surface area contributed by atoms with Crippen LogP contribution in [0.1, 0.15) is 11.3 Å². The molecule has 0 saturated carbocycles. The summed E-state index contributed by atoms with van der Waals surface area (Å²) in [6.45, 7) is 0.414. The Kier molecular flexibility index (Phi) is 4.63. The van der Waals surface area contributed by atoms with Crippen LogP contribution in [0.15, 0.2) is 82.1 Å². The van der Waals surface area contributed by atoms with Crippen molar-refractivity contribution in [3.8, 4) is 22.6 Å². The topological polar surface area (TPSA) is 81.2 Å². The molecule has 6 nitrogen and oxygen atoms in total. The average Bonchev–Trinajstić information content (AvgIpc) is 3.16. The molecule has 0 unspecified atom stereocenters. The van der Waals surface area contributed by atoms with E-state index in [-0.39, 0.29) is 12.0 Å². The highest BCUT2D eigenvalue weighted by Gasteiger charge is 2.08. The molecule has 0 radical (unpaired) electrons. The summed E-state index contributed by atoms with van der Waals surface area (Å²) >= 11 is 0. The molecule has 0 spiro atoms. The second-order valence-electron chi connectivity index (χ2n) is 6.15. The molecule has 0 bridgehead atoms. The number of hydrogen-bond donors (Lipinski definition) is 1. The van der Waals surface area contributed by atoms with E-state index in [9.17, 15) is 4.79 Å². The summed E-state index contributed by atoms with van der Waals surface area (Å²) in [5.41, 5.74) is 3.14. The van der Waals surface area contributed by atoms with Gasteiger partial charge < -0.3 is 9.52 Å². The fourth-order valence-corrected chi connectivity index (χ4v) is 2.81. The summed E-state index contributed by atoms with van der Waals surface area (Å²) in [6.07, 6.45) is 1.70. The predicted octanol–water partition coefficient (Wildman–Crippen LogP) is 3.11. The Hall–Kier alpha value is -3.51. The standard InChI is InChI=1S/C21H17N3O3/c25-14-18-13-24(23-22-18)12-15-6-8-17(9-7-15)21-11-19(26)10-20(27-21)16-4-2-1-3-5-16/h1-11,13,25H,12,14H2. The van der Waals surface area contributed by atoms with Gasteiger partial charge in [0.25, 0.3) is 0 Å². The Balaban J connectivity index is 1.60. The number of aromatic nitrogens is 3. The van der Waals surface area contributed by atoms with Crippen molar-refractivity contribution in [2.24, 2.45) is 0 Å². The molecule has 4 rings (SSSR count). The zero-order chi connectivity index (χ0) is 18.6. The molecule has 27 heavy (non-hydrogen) atoms. The van der Waals surface area contributed by atoms with E-state index in [1.54, 1.807) is 10.9 Å². The van der Waals surface area contributed by atoms with Crippen LogP contribution in [0.25, 0.3) is 22.6 Å². The molecular formula is C21H17N3O3. The Labute approximate surface area is 155 Å². The lowest BCUT2D eigenvalue weighted by Gasteiger charge is -2.06. The van der Waals surface area contributed by atoms with Gasteiger partial charge in [-0.05, 0) is 5.56 Å². The lowest BCUT2D eigenvalue weighted by atomic mass is 10.1. The van der Waals surface area contributed by atoms with Gasteiger partial charge in [0.15, 0.2) is 5.43 Å². The van der Waals surface area contributed by atoms with Crippen LogP contribution in [-0.2, 0) is 13.2 Å². The number of rotatable bonds is 5. The maximum absolute atomic E-state index is 12.1. The van der Waals surface area contributed by atoms with Crippen molar-refractivity contribution in [1.82, 2.24) is 15.0 Å². The molecule has 6 heteroatoms. The van der Waals surface area contributed by atoms with Crippen LogP contribution in [-0.4, -0.2) is 20.1 Å². The molecule has 2 aromatic heterocycles. The number of aliphatic hydroxyl groups is 1. The van der Waals surface area contributed by atoms with Gasteiger partial charge >= 0.3 is 0 Å². The zero-order valence-electron chi connectivity index (χ0n) is 14.4. The van der Waals surface area contributed by atoms with E-state index in [0.29, 0.717) is 23.8 Å². The molecule has 2 aromatic carbocycles. The number of hydrogen-bond acceptors (Lipinski definition) is 5. The minimum atomic E-state index is -0.129. The van der Waals surface area contributed by atoms with Crippen LogP contribution in [0.2, 0.25) is 0 Å². The molecule has 0 saturated heterocycles. The third-order valence-corrected chi connectivity index (χ3v) is 4.16. The third-order valence-electron chi connectivity index (χ3n) is 4.16. The van der Waals surface area contributed by atoms with Gasteiger partial charge in [-0.2, -0.15) is 0 Å². The van der Waals surface area contributed by atoms with Gasteiger partial charge in [-0.15, -0.1) is 5.10 Å². The summed E-state index contributed by atoms with van der Waals surface area (Å²) in [5.74, 6) is 1.07. The Morgan fingerprint density at radius 3 is 2.22 bits per heavy atom. The first kappa shape index (κ1) is 16.9. The highest BCUT2D eigenvalue weighted by molar-refractivity contribution is 5.62. The van der Waals surface area contributed by atoms with E-state index in [1.165, 1.54) is 12.1 Å². The van der Waals surface area contributed by atoms with Gasteiger partial charge in [-0.3, -0.25) is 4.79 Å². The molecule has 0 atom stereocenters. The fourth-order valence-electron chi connectivity index (χ4n) is 2.81. The van der Waals surface area contributed by atoms with Crippen molar-refractivity contribution in [2.75, 3.05) is 0 Å². The highest BCUT2D eigenvalue weighted by atomic mass is 16.3. The van der Waals surface area contributed by atoms with E-state index >= 15 is 0 Å². The molecule has 4 aromatic rings. The first-order chi connectivity index (χ1) is 13.2. The van der Waals surface area contributed by atoms with Crippen molar-refractivity contribution in [3.63, 3.8) is 0 Å². The maximum atomic E-state index is 12.1. The lowest BCUT2D eigenvalue weighted by Crippen LogP contribution is -2.01. The molecule has 1 N–H and O–H groups in total. The Bertz CT molecular complexity index is 1100. The van der Waals surface area contributed by atoms with Crippen LogP contribution in [0.4, 0.5) is 0 Å². The first-order valence-corrected chi connectivity index (χ1v) is 8.51. The van der Waals surface area contributed by atoms with E-state index < -0.39 is 0 Å². The second-order valence-corrected chi connectivity index (χ2v) is 6.15.